The summed E-state index contributed by atoms with van der Waals surface area (Å²) in [5, 5.41) is 4.98. The molecule has 0 aliphatic heterocycles. The quantitative estimate of drug-likeness (QED) is 0.707. The first kappa shape index (κ1) is 14.6. The maximum Gasteiger partial charge on any atom is 0.211 e. The van der Waals surface area contributed by atoms with Gasteiger partial charge in [-0.2, -0.15) is 0 Å². The Labute approximate surface area is 107 Å². The number of nitrogens with one attached hydrogen (secondary N) is 2. The zero-order valence-corrected chi connectivity index (χ0v) is 12.0. The highest BCUT2D eigenvalue weighted by Gasteiger charge is 2.10. The van der Waals surface area contributed by atoms with E-state index in [0.29, 0.717) is 13.0 Å². The van der Waals surface area contributed by atoms with Crippen LogP contribution in [0.25, 0.3) is 0 Å². The Morgan fingerprint density at radius 3 is 2.71 bits per heavy atom. The Morgan fingerprint density at radius 1 is 1.35 bits per heavy atom. The van der Waals surface area contributed by atoms with Crippen LogP contribution >= 0.6 is 11.3 Å². The lowest BCUT2D eigenvalue weighted by Gasteiger charge is -2.06. The number of hydrogen-bond acceptors (Lipinski definition) is 4. The molecule has 0 amide bonds. The maximum absolute atomic E-state index is 11.7. The minimum Gasteiger partial charge on any atom is -0.320 e. The minimum absolute atomic E-state index is 0.207. The van der Waals surface area contributed by atoms with Crippen LogP contribution in [0.1, 0.15) is 23.3 Å². The molecular weight excluding hydrogens is 256 g/mol. The first-order chi connectivity index (χ1) is 8.05. The first-order valence-corrected chi connectivity index (χ1v) is 8.23. The predicted octanol–water partition coefficient (Wildman–Crippen LogP) is 1.48. The number of thiophene rings is 1. The molecule has 1 heterocycles. The maximum atomic E-state index is 11.7. The van der Waals surface area contributed by atoms with Gasteiger partial charge in [-0.05, 0) is 50.4 Å². The average Bonchev–Trinajstić information content (AvgIpc) is 2.68. The normalized spacial score (nSPS) is 11.9. The monoisotopic (exact) mass is 276 g/mol. The molecular formula is C11H20N2O2S2. The lowest BCUT2D eigenvalue weighted by atomic mass is 10.3. The summed E-state index contributed by atoms with van der Waals surface area (Å²) in [6.45, 7) is 3.27. The van der Waals surface area contributed by atoms with Gasteiger partial charge < -0.3 is 5.32 Å². The van der Waals surface area contributed by atoms with Crippen LogP contribution in [0.3, 0.4) is 0 Å². The van der Waals surface area contributed by atoms with Crippen molar-refractivity contribution in [3.8, 4) is 0 Å². The van der Waals surface area contributed by atoms with Crippen molar-refractivity contribution >= 4 is 21.4 Å². The average molecular weight is 276 g/mol. The van der Waals surface area contributed by atoms with E-state index in [0.717, 1.165) is 23.4 Å². The smallest absolute Gasteiger partial charge is 0.211 e. The number of rotatable bonds is 8. The van der Waals surface area contributed by atoms with Crippen molar-refractivity contribution in [2.24, 2.45) is 0 Å². The molecule has 0 spiro atoms. The van der Waals surface area contributed by atoms with E-state index in [4.69, 9.17) is 0 Å². The topological polar surface area (TPSA) is 58.2 Å². The summed E-state index contributed by atoms with van der Waals surface area (Å²) in [7, 11) is -1.26. The molecule has 98 valence electrons. The Balaban J connectivity index is 2.32. The third-order valence-corrected chi connectivity index (χ3v) is 4.94. The molecule has 1 rings (SSSR count). The molecule has 0 aromatic carbocycles. The van der Waals surface area contributed by atoms with Gasteiger partial charge in [0, 0.05) is 11.4 Å². The molecule has 0 unspecified atom stereocenters. The van der Waals surface area contributed by atoms with Crippen LogP contribution in [0, 0.1) is 6.92 Å². The standard InChI is InChI=1S/C11H20N2O2S2/c1-10-5-7-16-11(10)9-13-17(14,15)8-4-3-6-12-2/h5,7,12-13H,3-4,6,8-9H2,1-2H3. The van der Waals surface area contributed by atoms with Crippen molar-refractivity contribution in [3.63, 3.8) is 0 Å². The highest BCUT2D eigenvalue weighted by atomic mass is 32.2. The molecule has 0 aliphatic rings. The van der Waals surface area contributed by atoms with Gasteiger partial charge in [-0.1, -0.05) is 0 Å². The predicted molar refractivity (Wildman–Crippen MR) is 72.8 cm³/mol. The van der Waals surface area contributed by atoms with E-state index in [2.05, 4.69) is 10.0 Å². The molecule has 1 aromatic rings. The number of aryl methyl sites for hydroxylation is 1. The van der Waals surface area contributed by atoms with Gasteiger partial charge in [0.2, 0.25) is 10.0 Å². The molecule has 0 aliphatic carbocycles. The summed E-state index contributed by atoms with van der Waals surface area (Å²) in [5.74, 6) is 0.207. The summed E-state index contributed by atoms with van der Waals surface area (Å²) in [6.07, 6.45) is 1.58. The molecule has 1 aromatic heterocycles. The molecule has 2 N–H and O–H groups in total. The van der Waals surface area contributed by atoms with Crippen molar-refractivity contribution < 1.29 is 8.42 Å². The third kappa shape index (κ3) is 5.63. The van der Waals surface area contributed by atoms with E-state index in [1.807, 2.05) is 25.4 Å². The summed E-state index contributed by atoms with van der Waals surface area (Å²) in [4.78, 5) is 1.09. The van der Waals surface area contributed by atoms with Crippen molar-refractivity contribution in [3.05, 3.63) is 21.9 Å². The summed E-state index contributed by atoms with van der Waals surface area (Å²) in [6, 6.07) is 2.00. The van der Waals surface area contributed by atoms with E-state index >= 15 is 0 Å². The molecule has 0 saturated heterocycles. The van der Waals surface area contributed by atoms with Gasteiger partial charge in [-0.15, -0.1) is 11.3 Å². The fourth-order valence-corrected chi connectivity index (χ4v) is 3.46. The van der Waals surface area contributed by atoms with Crippen LogP contribution in [0.4, 0.5) is 0 Å². The Hall–Kier alpha value is -0.430. The zero-order chi connectivity index (χ0) is 12.7. The molecule has 4 nitrogen and oxygen atoms in total. The second kappa shape index (κ2) is 7.10. The molecule has 6 heteroatoms. The fraction of sp³-hybridized carbons (Fsp3) is 0.636. The largest absolute Gasteiger partial charge is 0.320 e. The van der Waals surface area contributed by atoms with E-state index in [1.54, 1.807) is 11.3 Å². The lowest BCUT2D eigenvalue weighted by molar-refractivity contribution is 0.576. The van der Waals surface area contributed by atoms with Gasteiger partial charge >= 0.3 is 0 Å². The molecule has 0 radical (unpaired) electrons. The lowest BCUT2D eigenvalue weighted by Crippen LogP contribution is -2.26. The first-order valence-electron chi connectivity index (χ1n) is 5.70. The van der Waals surface area contributed by atoms with Gasteiger partial charge in [0.15, 0.2) is 0 Å². The van der Waals surface area contributed by atoms with Crippen molar-refractivity contribution in [1.82, 2.24) is 10.0 Å². The second-order valence-electron chi connectivity index (χ2n) is 3.98. The SMILES string of the molecule is CNCCCCS(=O)(=O)NCc1sccc1C. The van der Waals surface area contributed by atoms with Crippen LogP contribution in [0.2, 0.25) is 0 Å². The van der Waals surface area contributed by atoms with Gasteiger partial charge in [0.25, 0.3) is 0 Å². The molecule has 0 saturated carbocycles. The van der Waals surface area contributed by atoms with Gasteiger partial charge in [0.1, 0.15) is 0 Å². The Morgan fingerprint density at radius 2 is 2.12 bits per heavy atom. The summed E-state index contributed by atoms with van der Waals surface area (Å²) >= 11 is 1.59. The number of sulfonamides is 1. The highest BCUT2D eigenvalue weighted by molar-refractivity contribution is 7.89. The second-order valence-corrected chi connectivity index (χ2v) is 6.90. The molecule has 0 fully saturated rings. The zero-order valence-electron chi connectivity index (χ0n) is 10.3. The molecule has 0 bridgehead atoms. The van der Waals surface area contributed by atoms with Crippen molar-refractivity contribution in [2.75, 3.05) is 19.3 Å². The van der Waals surface area contributed by atoms with E-state index in [1.165, 1.54) is 0 Å². The summed E-state index contributed by atoms with van der Waals surface area (Å²) in [5.41, 5.74) is 1.15. The Bertz CT molecular complexity index is 426. The van der Waals surface area contributed by atoms with Gasteiger partial charge in [0.05, 0.1) is 5.75 Å². The molecule has 17 heavy (non-hydrogen) atoms. The van der Waals surface area contributed by atoms with Gasteiger partial charge in [-0.3, -0.25) is 0 Å². The Kier molecular flexibility index (Phi) is 6.11. The van der Waals surface area contributed by atoms with E-state index < -0.39 is 10.0 Å². The number of unbranched alkanes of at least 4 members (excludes halogenated alkanes) is 1. The van der Waals surface area contributed by atoms with Crippen molar-refractivity contribution in [2.45, 2.75) is 26.3 Å². The fourth-order valence-electron chi connectivity index (χ4n) is 1.43. The van der Waals surface area contributed by atoms with Crippen LogP contribution in [-0.4, -0.2) is 27.8 Å². The highest BCUT2D eigenvalue weighted by Crippen LogP contribution is 2.15. The third-order valence-electron chi connectivity index (χ3n) is 2.51. The van der Waals surface area contributed by atoms with Crippen LogP contribution in [0.15, 0.2) is 11.4 Å². The molecule has 0 atom stereocenters. The van der Waals surface area contributed by atoms with Crippen molar-refractivity contribution in [1.29, 1.82) is 0 Å². The van der Waals surface area contributed by atoms with Crippen LogP contribution in [-0.2, 0) is 16.6 Å². The van der Waals surface area contributed by atoms with Gasteiger partial charge in [-0.25, -0.2) is 13.1 Å². The minimum atomic E-state index is -3.13. The van der Waals surface area contributed by atoms with E-state index in [9.17, 15) is 8.42 Å². The van der Waals surface area contributed by atoms with Crippen LogP contribution < -0.4 is 10.0 Å². The van der Waals surface area contributed by atoms with E-state index in [-0.39, 0.29) is 5.75 Å². The summed E-state index contributed by atoms with van der Waals surface area (Å²) < 4.78 is 26.0. The number of hydrogen-bond donors (Lipinski definition) is 2. The van der Waals surface area contributed by atoms with Crippen LogP contribution in [0.5, 0.6) is 0 Å².